The SMILES string of the molecule is Cc1csc(Sc2ccc(C(=O)Nc3ccnn3C(C)C)cc2[N+](=O)[O-])n1. The summed E-state index contributed by atoms with van der Waals surface area (Å²) in [5.74, 6) is 0.108. The maximum Gasteiger partial charge on any atom is 0.284 e. The van der Waals surface area contributed by atoms with Crippen LogP contribution in [0.2, 0.25) is 0 Å². The van der Waals surface area contributed by atoms with Crippen molar-refractivity contribution in [3.05, 3.63) is 57.2 Å². The van der Waals surface area contributed by atoms with Crippen LogP contribution in [-0.4, -0.2) is 25.6 Å². The van der Waals surface area contributed by atoms with Gasteiger partial charge in [0.15, 0.2) is 4.34 Å². The molecular formula is C17H17N5O3S2. The third kappa shape index (κ3) is 4.34. The first-order valence-electron chi connectivity index (χ1n) is 8.08. The molecule has 1 amide bonds. The standard InChI is InChI=1S/C17H17N5O3S2/c1-10(2)21-15(6-7-18-21)20-16(23)12-4-5-14(13(8-12)22(24)25)27-17-19-11(3)9-26-17/h4-10H,1-3H3,(H,20,23). The monoisotopic (exact) mass is 403 g/mol. The normalized spacial score (nSPS) is 11.0. The van der Waals surface area contributed by atoms with Gasteiger partial charge in [-0.3, -0.25) is 14.9 Å². The molecule has 3 aromatic rings. The number of amides is 1. The molecule has 3 rings (SSSR count). The Morgan fingerprint density at radius 3 is 2.78 bits per heavy atom. The van der Waals surface area contributed by atoms with Gasteiger partial charge in [0.25, 0.3) is 11.6 Å². The second kappa shape index (κ2) is 7.89. The number of hydrogen-bond donors (Lipinski definition) is 1. The molecule has 0 radical (unpaired) electrons. The van der Waals surface area contributed by atoms with E-state index in [0.29, 0.717) is 15.1 Å². The number of aromatic nitrogens is 3. The van der Waals surface area contributed by atoms with Gasteiger partial charge in [0.1, 0.15) is 5.82 Å². The Morgan fingerprint density at radius 2 is 2.15 bits per heavy atom. The Kier molecular flexibility index (Phi) is 5.57. The molecule has 0 saturated carbocycles. The smallest absolute Gasteiger partial charge is 0.284 e. The van der Waals surface area contributed by atoms with E-state index in [1.54, 1.807) is 29.1 Å². The molecule has 140 valence electrons. The molecule has 0 aliphatic carbocycles. The molecule has 2 heterocycles. The highest BCUT2D eigenvalue weighted by atomic mass is 32.2. The number of carbonyl (C=O) groups is 1. The second-order valence-electron chi connectivity index (χ2n) is 6.01. The van der Waals surface area contributed by atoms with Crippen LogP contribution in [0.25, 0.3) is 0 Å². The van der Waals surface area contributed by atoms with E-state index >= 15 is 0 Å². The number of thiazole rings is 1. The summed E-state index contributed by atoms with van der Waals surface area (Å²) in [7, 11) is 0. The summed E-state index contributed by atoms with van der Waals surface area (Å²) >= 11 is 2.64. The zero-order valence-corrected chi connectivity index (χ0v) is 16.5. The maximum atomic E-state index is 12.5. The summed E-state index contributed by atoms with van der Waals surface area (Å²) in [6.45, 7) is 5.75. The Labute approximate surface area is 163 Å². The Bertz CT molecular complexity index is 996. The third-order valence-electron chi connectivity index (χ3n) is 3.61. The first kappa shape index (κ1) is 19.1. The molecule has 27 heavy (non-hydrogen) atoms. The molecule has 0 unspecified atom stereocenters. The molecule has 8 nitrogen and oxygen atoms in total. The average Bonchev–Trinajstić information content (AvgIpc) is 3.24. The van der Waals surface area contributed by atoms with E-state index in [1.807, 2.05) is 26.2 Å². The molecule has 0 saturated heterocycles. The lowest BCUT2D eigenvalue weighted by atomic mass is 10.2. The highest BCUT2D eigenvalue weighted by Gasteiger charge is 2.20. The molecule has 10 heteroatoms. The van der Waals surface area contributed by atoms with E-state index in [4.69, 9.17) is 0 Å². The van der Waals surface area contributed by atoms with Crippen molar-refractivity contribution in [2.45, 2.75) is 36.0 Å². The third-order valence-corrected chi connectivity index (χ3v) is 5.74. The number of aryl methyl sites for hydroxylation is 1. The van der Waals surface area contributed by atoms with Crippen molar-refractivity contribution >= 4 is 40.5 Å². The van der Waals surface area contributed by atoms with Crippen LogP contribution in [0, 0.1) is 17.0 Å². The minimum Gasteiger partial charge on any atom is -0.307 e. The van der Waals surface area contributed by atoms with Crippen LogP contribution in [0.3, 0.4) is 0 Å². The Balaban J connectivity index is 1.85. The molecule has 2 aromatic heterocycles. The summed E-state index contributed by atoms with van der Waals surface area (Å²) in [4.78, 5) is 28.3. The number of nitro benzene ring substituents is 1. The van der Waals surface area contributed by atoms with Crippen LogP contribution in [0.4, 0.5) is 11.5 Å². The van der Waals surface area contributed by atoms with E-state index in [9.17, 15) is 14.9 Å². The second-order valence-corrected chi connectivity index (χ2v) is 8.15. The lowest BCUT2D eigenvalue weighted by molar-refractivity contribution is -0.387. The fourth-order valence-electron chi connectivity index (χ4n) is 2.37. The molecule has 1 N–H and O–H groups in total. The van der Waals surface area contributed by atoms with Crippen LogP contribution < -0.4 is 5.32 Å². The molecule has 0 atom stereocenters. The van der Waals surface area contributed by atoms with E-state index in [0.717, 1.165) is 5.69 Å². The number of nitrogens with zero attached hydrogens (tertiary/aromatic N) is 4. The number of anilines is 1. The van der Waals surface area contributed by atoms with Gasteiger partial charge in [-0.25, -0.2) is 9.67 Å². The van der Waals surface area contributed by atoms with Gasteiger partial charge >= 0.3 is 0 Å². The van der Waals surface area contributed by atoms with E-state index in [1.165, 1.54) is 29.2 Å². The predicted molar refractivity (Wildman–Crippen MR) is 105 cm³/mol. The molecule has 0 spiro atoms. The van der Waals surface area contributed by atoms with Gasteiger partial charge in [0.05, 0.1) is 16.0 Å². The number of rotatable bonds is 6. The molecule has 0 bridgehead atoms. The van der Waals surface area contributed by atoms with E-state index in [-0.39, 0.29) is 17.3 Å². The van der Waals surface area contributed by atoms with Crippen molar-refractivity contribution in [3.63, 3.8) is 0 Å². The fourth-order valence-corrected chi connectivity index (χ4v) is 4.25. The van der Waals surface area contributed by atoms with Gasteiger partial charge in [-0.05, 0) is 32.9 Å². The summed E-state index contributed by atoms with van der Waals surface area (Å²) in [5, 5.41) is 20.3. The highest BCUT2D eigenvalue weighted by molar-refractivity contribution is 8.01. The first-order valence-corrected chi connectivity index (χ1v) is 9.78. The van der Waals surface area contributed by atoms with Crippen LogP contribution in [0.5, 0.6) is 0 Å². The van der Waals surface area contributed by atoms with Crippen LogP contribution in [0.1, 0.15) is 35.9 Å². The van der Waals surface area contributed by atoms with Crippen molar-refractivity contribution < 1.29 is 9.72 Å². The zero-order chi connectivity index (χ0) is 19.6. The van der Waals surface area contributed by atoms with Crippen molar-refractivity contribution in [3.8, 4) is 0 Å². The lowest BCUT2D eigenvalue weighted by Gasteiger charge is -2.12. The van der Waals surface area contributed by atoms with Crippen molar-refractivity contribution in [1.82, 2.24) is 14.8 Å². The molecule has 0 aliphatic heterocycles. The van der Waals surface area contributed by atoms with Gasteiger partial charge < -0.3 is 5.32 Å². The van der Waals surface area contributed by atoms with Gasteiger partial charge in [-0.1, -0.05) is 11.8 Å². The topological polar surface area (TPSA) is 103 Å². The largest absolute Gasteiger partial charge is 0.307 e. The van der Waals surface area contributed by atoms with Gasteiger partial charge in [0.2, 0.25) is 0 Å². The molecular weight excluding hydrogens is 386 g/mol. The van der Waals surface area contributed by atoms with Gasteiger partial charge in [-0.15, -0.1) is 11.3 Å². The van der Waals surface area contributed by atoms with Crippen LogP contribution >= 0.6 is 23.1 Å². The number of nitrogens with one attached hydrogen (secondary N) is 1. The first-order chi connectivity index (χ1) is 12.8. The number of hydrogen-bond acceptors (Lipinski definition) is 7. The van der Waals surface area contributed by atoms with Gasteiger partial charge in [-0.2, -0.15) is 5.10 Å². The van der Waals surface area contributed by atoms with Gasteiger partial charge in [0, 0.05) is 34.8 Å². The van der Waals surface area contributed by atoms with Crippen LogP contribution in [0.15, 0.2) is 45.1 Å². The highest BCUT2D eigenvalue weighted by Crippen LogP contribution is 2.36. The Morgan fingerprint density at radius 1 is 1.37 bits per heavy atom. The predicted octanol–water partition coefficient (Wildman–Crippen LogP) is 4.54. The molecule has 0 aliphatic rings. The number of carbonyl (C=O) groups excluding carboxylic acids is 1. The summed E-state index contributed by atoms with van der Waals surface area (Å²) in [6.07, 6.45) is 1.59. The van der Waals surface area contributed by atoms with E-state index in [2.05, 4.69) is 15.4 Å². The average molecular weight is 403 g/mol. The van der Waals surface area contributed by atoms with E-state index < -0.39 is 10.8 Å². The van der Waals surface area contributed by atoms with Crippen LogP contribution in [-0.2, 0) is 0 Å². The summed E-state index contributed by atoms with van der Waals surface area (Å²) in [5.41, 5.74) is 0.943. The minimum absolute atomic E-state index is 0.0742. The minimum atomic E-state index is -0.488. The lowest BCUT2D eigenvalue weighted by Crippen LogP contribution is -2.17. The quantitative estimate of drug-likeness (QED) is 0.479. The molecule has 1 aromatic carbocycles. The summed E-state index contributed by atoms with van der Waals surface area (Å²) in [6, 6.07) is 6.19. The number of benzene rings is 1. The zero-order valence-electron chi connectivity index (χ0n) is 14.9. The van der Waals surface area contributed by atoms with Crippen molar-refractivity contribution in [1.29, 1.82) is 0 Å². The van der Waals surface area contributed by atoms with Crippen molar-refractivity contribution in [2.75, 3.05) is 5.32 Å². The molecule has 0 fully saturated rings. The summed E-state index contributed by atoms with van der Waals surface area (Å²) < 4.78 is 2.38. The number of nitro groups is 1. The fraction of sp³-hybridized carbons (Fsp3) is 0.235. The maximum absolute atomic E-state index is 12.5. The Hall–Kier alpha value is -2.72. The van der Waals surface area contributed by atoms with Crippen molar-refractivity contribution in [2.24, 2.45) is 0 Å².